The summed E-state index contributed by atoms with van der Waals surface area (Å²) in [6.45, 7) is 9.35. The van der Waals surface area contributed by atoms with E-state index in [1.165, 1.54) is 35.6 Å². The van der Waals surface area contributed by atoms with Gasteiger partial charge in [-0.1, -0.05) is 20.8 Å². The van der Waals surface area contributed by atoms with Gasteiger partial charge < -0.3 is 5.32 Å². The molecule has 1 heterocycles. The summed E-state index contributed by atoms with van der Waals surface area (Å²) < 4.78 is 0. The first-order valence-corrected chi connectivity index (χ1v) is 8.36. The van der Waals surface area contributed by atoms with Crippen molar-refractivity contribution < 1.29 is 0 Å². The zero-order valence-corrected chi connectivity index (χ0v) is 13.8. The predicted octanol–water partition coefficient (Wildman–Crippen LogP) is 4.74. The molecule has 0 bridgehead atoms. The fourth-order valence-electron chi connectivity index (χ4n) is 3.04. The standard InChI is InChI=1S/C16H28N2S/c1-11(17-5)14-10-18-15(19-14)12-6-8-13(9-7-12)16(2,3)4/h10-13,17H,6-9H2,1-5H3. The first-order chi connectivity index (χ1) is 8.91. The molecule has 1 aliphatic carbocycles. The fraction of sp³-hybridized carbons (Fsp3) is 0.812. The Morgan fingerprint density at radius 1 is 1.26 bits per heavy atom. The summed E-state index contributed by atoms with van der Waals surface area (Å²) in [6.07, 6.45) is 7.44. The third kappa shape index (κ3) is 3.57. The number of hydrogen-bond donors (Lipinski definition) is 1. The zero-order valence-electron chi connectivity index (χ0n) is 13.0. The Hall–Kier alpha value is -0.410. The van der Waals surface area contributed by atoms with Crippen LogP contribution < -0.4 is 5.32 Å². The minimum absolute atomic E-state index is 0.428. The Balaban J connectivity index is 1.96. The Bertz CT molecular complexity index is 397. The van der Waals surface area contributed by atoms with E-state index in [4.69, 9.17) is 0 Å². The van der Waals surface area contributed by atoms with Crippen molar-refractivity contribution >= 4 is 11.3 Å². The Kier molecular flexibility index (Phi) is 4.67. The van der Waals surface area contributed by atoms with Crippen LogP contribution in [0.5, 0.6) is 0 Å². The van der Waals surface area contributed by atoms with Crippen LogP contribution in [0.3, 0.4) is 0 Å². The van der Waals surface area contributed by atoms with E-state index in [1.807, 2.05) is 18.4 Å². The molecule has 0 aromatic carbocycles. The van der Waals surface area contributed by atoms with Crippen molar-refractivity contribution in [2.75, 3.05) is 7.05 Å². The van der Waals surface area contributed by atoms with Crippen molar-refractivity contribution in [3.8, 4) is 0 Å². The van der Waals surface area contributed by atoms with Crippen LogP contribution in [-0.2, 0) is 0 Å². The van der Waals surface area contributed by atoms with Gasteiger partial charge in [-0.3, -0.25) is 0 Å². The second kappa shape index (κ2) is 5.92. The number of nitrogens with zero attached hydrogens (tertiary/aromatic N) is 1. The van der Waals surface area contributed by atoms with Crippen molar-refractivity contribution in [2.24, 2.45) is 11.3 Å². The topological polar surface area (TPSA) is 24.9 Å². The van der Waals surface area contributed by atoms with Crippen LogP contribution in [0.15, 0.2) is 6.20 Å². The van der Waals surface area contributed by atoms with Crippen molar-refractivity contribution in [2.45, 2.75) is 65.3 Å². The molecule has 19 heavy (non-hydrogen) atoms. The van der Waals surface area contributed by atoms with Gasteiger partial charge in [0, 0.05) is 23.0 Å². The van der Waals surface area contributed by atoms with Crippen LogP contribution in [0.2, 0.25) is 0 Å². The largest absolute Gasteiger partial charge is 0.312 e. The van der Waals surface area contributed by atoms with Gasteiger partial charge in [-0.05, 0) is 51.0 Å². The van der Waals surface area contributed by atoms with Crippen LogP contribution in [-0.4, -0.2) is 12.0 Å². The molecular formula is C16H28N2S. The van der Waals surface area contributed by atoms with Gasteiger partial charge >= 0.3 is 0 Å². The van der Waals surface area contributed by atoms with Crippen molar-refractivity contribution in [1.82, 2.24) is 10.3 Å². The quantitative estimate of drug-likeness (QED) is 0.864. The molecule has 3 heteroatoms. The molecule has 0 aliphatic heterocycles. The van der Waals surface area contributed by atoms with E-state index in [0.717, 1.165) is 5.92 Å². The first kappa shape index (κ1) is 15.0. The highest BCUT2D eigenvalue weighted by atomic mass is 32.1. The van der Waals surface area contributed by atoms with Gasteiger partial charge in [0.1, 0.15) is 0 Å². The summed E-state index contributed by atoms with van der Waals surface area (Å²) in [4.78, 5) is 6.05. The molecule has 2 nitrogen and oxygen atoms in total. The summed E-state index contributed by atoms with van der Waals surface area (Å²) in [5.74, 6) is 1.60. The minimum atomic E-state index is 0.428. The van der Waals surface area contributed by atoms with E-state index in [1.54, 1.807) is 0 Å². The average Bonchev–Trinajstić information content (AvgIpc) is 2.86. The molecule has 1 aromatic heterocycles. The molecule has 0 amide bonds. The summed E-state index contributed by atoms with van der Waals surface area (Å²) in [7, 11) is 2.01. The molecule has 1 aliphatic rings. The lowest BCUT2D eigenvalue weighted by Crippen LogP contribution is -2.25. The average molecular weight is 280 g/mol. The summed E-state index contributed by atoms with van der Waals surface area (Å²) in [6, 6.07) is 0.428. The van der Waals surface area contributed by atoms with Crippen molar-refractivity contribution in [1.29, 1.82) is 0 Å². The molecule has 1 saturated carbocycles. The number of rotatable bonds is 3. The van der Waals surface area contributed by atoms with Gasteiger partial charge in [0.05, 0.1) is 5.01 Å². The number of aromatic nitrogens is 1. The highest BCUT2D eigenvalue weighted by Crippen LogP contribution is 2.44. The van der Waals surface area contributed by atoms with Crippen LogP contribution in [0.4, 0.5) is 0 Å². The highest BCUT2D eigenvalue weighted by molar-refractivity contribution is 7.11. The predicted molar refractivity (Wildman–Crippen MR) is 83.7 cm³/mol. The Morgan fingerprint density at radius 2 is 1.89 bits per heavy atom. The highest BCUT2D eigenvalue weighted by Gasteiger charge is 2.31. The molecule has 108 valence electrons. The van der Waals surface area contributed by atoms with Crippen LogP contribution >= 0.6 is 11.3 Å². The maximum atomic E-state index is 4.67. The Morgan fingerprint density at radius 3 is 2.42 bits per heavy atom. The van der Waals surface area contributed by atoms with Crippen LogP contribution in [0.25, 0.3) is 0 Å². The van der Waals surface area contributed by atoms with E-state index >= 15 is 0 Å². The first-order valence-electron chi connectivity index (χ1n) is 7.54. The molecule has 1 fully saturated rings. The van der Waals surface area contributed by atoms with Gasteiger partial charge in [0.15, 0.2) is 0 Å². The van der Waals surface area contributed by atoms with Gasteiger partial charge in [0.2, 0.25) is 0 Å². The molecular weight excluding hydrogens is 252 g/mol. The lowest BCUT2D eigenvalue weighted by atomic mass is 9.70. The third-order valence-electron chi connectivity index (χ3n) is 4.70. The van der Waals surface area contributed by atoms with E-state index < -0.39 is 0 Å². The molecule has 0 spiro atoms. The number of thiazole rings is 1. The van der Waals surface area contributed by atoms with Gasteiger partial charge in [-0.15, -0.1) is 11.3 Å². The van der Waals surface area contributed by atoms with Crippen LogP contribution in [0, 0.1) is 11.3 Å². The second-order valence-electron chi connectivity index (χ2n) is 7.03. The smallest absolute Gasteiger partial charge is 0.0959 e. The molecule has 2 rings (SSSR count). The molecule has 1 aromatic rings. The third-order valence-corrected chi connectivity index (χ3v) is 6.04. The monoisotopic (exact) mass is 280 g/mol. The summed E-state index contributed by atoms with van der Waals surface area (Å²) in [5, 5.41) is 4.66. The van der Waals surface area contributed by atoms with Gasteiger partial charge in [-0.25, -0.2) is 4.98 Å². The minimum Gasteiger partial charge on any atom is -0.312 e. The summed E-state index contributed by atoms with van der Waals surface area (Å²) >= 11 is 1.91. The SMILES string of the molecule is CNC(C)c1cnc(C2CCC(C(C)(C)C)CC2)s1. The molecule has 1 atom stereocenters. The lowest BCUT2D eigenvalue weighted by Gasteiger charge is -2.36. The fourth-order valence-corrected chi connectivity index (χ4v) is 4.19. The molecule has 0 radical (unpaired) electrons. The van der Waals surface area contributed by atoms with Crippen molar-refractivity contribution in [3.63, 3.8) is 0 Å². The molecule has 0 saturated heterocycles. The van der Waals surface area contributed by atoms with Crippen molar-refractivity contribution in [3.05, 3.63) is 16.1 Å². The van der Waals surface area contributed by atoms with E-state index in [-0.39, 0.29) is 0 Å². The van der Waals surface area contributed by atoms with E-state index in [9.17, 15) is 0 Å². The summed E-state index contributed by atoms with van der Waals surface area (Å²) in [5.41, 5.74) is 0.472. The zero-order chi connectivity index (χ0) is 14.0. The van der Waals surface area contributed by atoms with Gasteiger partial charge in [0.25, 0.3) is 0 Å². The second-order valence-corrected chi connectivity index (χ2v) is 8.12. The number of nitrogens with one attached hydrogen (secondary N) is 1. The van der Waals surface area contributed by atoms with Crippen LogP contribution in [0.1, 0.15) is 75.2 Å². The van der Waals surface area contributed by atoms with E-state index in [0.29, 0.717) is 17.4 Å². The maximum absolute atomic E-state index is 4.67. The van der Waals surface area contributed by atoms with Gasteiger partial charge in [-0.2, -0.15) is 0 Å². The normalized spacial score (nSPS) is 26.4. The Labute approximate surface area is 122 Å². The van der Waals surface area contributed by atoms with E-state index in [2.05, 4.69) is 44.2 Å². The number of hydrogen-bond acceptors (Lipinski definition) is 3. The lowest BCUT2D eigenvalue weighted by molar-refractivity contribution is 0.169. The maximum Gasteiger partial charge on any atom is 0.0959 e. The molecule has 1 N–H and O–H groups in total. The molecule has 1 unspecified atom stereocenters.